The predicted molar refractivity (Wildman–Crippen MR) is 109 cm³/mol. The van der Waals surface area contributed by atoms with E-state index in [0.717, 1.165) is 36.5 Å². The average molecular weight is 377 g/mol. The van der Waals surface area contributed by atoms with Gasteiger partial charge in [-0.1, -0.05) is 42.8 Å². The molecule has 1 saturated carbocycles. The number of hydrazine groups is 1. The first kappa shape index (κ1) is 18.0. The van der Waals surface area contributed by atoms with Gasteiger partial charge >= 0.3 is 0 Å². The summed E-state index contributed by atoms with van der Waals surface area (Å²) in [6.07, 6.45) is 7.06. The Hall–Kier alpha value is -3.35. The minimum atomic E-state index is -0.274. The third kappa shape index (κ3) is 3.83. The van der Waals surface area contributed by atoms with Gasteiger partial charge in [-0.15, -0.1) is 0 Å². The fourth-order valence-corrected chi connectivity index (χ4v) is 3.52. The van der Waals surface area contributed by atoms with E-state index < -0.39 is 0 Å². The number of nitrogens with zero attached hydrogens (tertiary/aromatic N) is 2. The van der Waals surface area contributed by atoms with Gasteiger partial charge < -0.3 is 10.5 Å². The highest BCUT2D eigenvalue weighted by Crippen LogP contribution is 2.29. The summed E-state index contributed by atoms with van der Waals surface area (Å²) < 4.78 is 5.95. The molecule has 1 aromatic heterocycles. The Bertz CT molecular complexity index is 980. The van der Waals surface area contributed by atoms with Crippen LogP contribution in [0.3, 0.4) is 0 Å². The molecule has 2 aromatic carbocycles. The zero-order chi connectivity index (χ0) is 19.3. The van der Waals surface area contributed by atoms with Crippen LogP contribution < -0.4 is 21.3 Å². The Morgan fingerprint density at radius 1 is 1.04 bits per heavy atom. The summed E-state index contributed by atoms with van der Waals surface area (Å²) in [5.74, 6) is 0.391. The number of amides is 1. The second kappa shape index (κ2) is 8.12. The first-order valence-corrected chi connectivity index (χ1v) is 9.53. The number of carbonyl (C=O) groups excluding carboxylic acids is 1. The molecule has 28 heavy (non-hydrogen) atoms. The molecule has 7 heteroatoms. The fourth-order valence-electron chi connectivity index (χ4n) is 3.52. The number of carbonyl (C=O) groups is 1. The van der Waals surface area contributed by atoms with Crippen molar-refractivity contribution in [3.05, 3.63) is 54.4 Å². The largest absolute Gasteiger partial charge is 0.473 e. The molecule has 4 N–H and O–H groups in total. The highest BCUT2D eigenvalue weighted by atomic mass is 16.5. The van der Waals surface area contributed by atoms with Crippen LogP contribution in [0.15, 0.2) is 48.8 Å². The lowest BCUT2D eigenvalue weighted by Gasteiger charge is -2.23. The standard InChI is InChI=1S/C21H23N5O2/c22-18-19(23-13-24-21(18)28-15-9-2-1-3-10-15)25-26-20(27)17-12-6-8-14-7-4-5-11-16(14)17/h4-8,11-13,15H,1-3,9-10,22H2,(H,26,27)(H,23,24,25). The van der Waals surface area contributed by atoms with E-state index in [1.807, 2.05) is 36.4 Å². The van der Waals surface area contributed by atoms with Crippen molar-refractivity contribution >= 4 is 28.2 Å². The minimum absolute atomic E-state index is 0.129. The van der Waals surface area contributed by atoms with E-state index in [0.29, 0.717) is 17.3 Å². The number of nitrogens with one attached hydrogen (secondary N) is 2. The van der Waals surface area contributed by atoms with Gasteiger partial charge in [0, 0.05) is 5.56 Å². The number of ether oxygens (including phenoxy) is 1. The van der Waals surface area contributed by atoms with Gasteiger partial charge in [0.2, 0.25) is 5.88 Å². The minimum Gasteiger partial charge on any atom is -0.473 e. The maximum Gasteiger partial charge on any atom is 0.270 e. The predicted octanol–water partition coefficient (Wildman–Crippen LogP) is 3.68. The van der Waals surface area contributed by atoms with Crippen LogP contribution in [0.1, 0.15) is 42.5 Å². The summed E-state index contributed by atoms with van der Waals surface area (Å²) in [7, 11) is 0. The topological polar surface area (TPSA) is 102 Å². The van der Waals surface area contributed by atoms with Gasteiger partial charge in [0.15, 0.2) is 5.82 Å². The van der Waals surface area contributed by atoms with E-state index in [2.05, 4.69) is 20.8 Å². The van der Waals surface area contributed by atoms with Crippen molar-refractivity contribution in [2.75, 3.05) is 11.2 Å². The molecule has 0 saturated heterocycles. The zero-order valence-electron chi connectivity index (χ0n) is 15.5. The number of nitrogen functional groups attached to an aromatic ring is 1. The summed E-state index contributed by atoms with van der Waals surface area (Å²) in [4.78, 5) is 20.9. The van der Waals surface area contributed by atoms with Gasteiger partial charge in [-0.2, -0.15) is 4.98 Å². The highest BCUT2D eigenvalue weighted by molar-refractivity contribution is 6.07. The molecule has 144 valence electrons. The number of fused-ring (bicyclic) bond motifs is 1. The Kier molecular flexibility index (Phi) is 5.23. The molecule has 3 aromatic rings. The second-order valence-electron chi connectivity index (χ2n) is 6.92. The van der Waals surface area contributed by atoms with Gasteiger partial charge in [-0.3, -0.25) is 15.6 Å². The molecule has 0 unspecified atom stereocenters. The lowest BCUT2D eigenvalue weighted by molar-refractivity contribution is 0.0964. The van der Waals surface area contributed by atoms with E-state index in [1.54, 1.807) is 6.07 Å². The molecule has 7 nitrogen and oxygen atoms in total. The zero-order valence-corrected chi connectivity index (χ0v) is 15.5. The summed E-state index contributed by atoms with van der Waals surface area (Å²) in [5.41, 5.74) is 12.5. The first-order valence-electron chi connectivity index (χ1n) is 9.53. The Labute approximate surface area is 163 Å². The number of hydrogen-bond donors (Lipinski definition) is 3. The lowest BCUT2D eigenvalue weighted by Crippen LogP contribution is -2.30. The summed E-state index contributed by atoms with van der Waals surface area (Å²) in [5, 5.41) is 1.88. The van der Waals surface area contributed by atoms with Gasteiger partial charge in [-0.05, 0) is 42.5 Å². The average Bonchev–Trinajstić information content (AvgIpc) is 2.74. The number of nitrogens with two attached hydrogens (primary N) is 1. The van der Waals surface area contributed by atoms with Crippen LogP contribution in [-0.4, -0.2) is 22.0 Å². The molecular formula is C21H23N5O2. The third-order valence-electron chi connectivity index (χ3n) is 5.01. The molecule has 1 fully saturated rings. The molecule has 1 amide bonds. The van der Waals surface area contributed by atoms with Crippen molar-refractivity contribution in [1.82, 2.24) is 15.4 Å². The number of hydrogen-bond acceptors (Lipinski definition) is 6. The molecule has 1 aliphatic rings. The molecular weight excluding hydrogens is 354 g/mol. The van der Waals surface area contributed by atoms with Crippen molar-refractivity contribution in [2.24, 2.45) is 0 Å². The lowest BCUT2D eigenvalue weighted by atomic mass is 9.98. The molecule has 1 heterocycles. The molecule has 0 spiro atoms. The van der Waals surface area contributed by atoms with Crippen molar-refractivity contribution in [3.8, 4) is 5.88 Å². The Morgan fingerprint density at radius 2 is 1.82 bits per heavy atom. The number of aromatic nitrogens is 2. The normalized spacial score (nSPS) is 14.6. The maximum absolute atomic E-state index is 12.7. The smallest absolute Gasteiger partial charge is 0.270 e. The quantitative estimate of drug-likeness (QED) is 0.586. The highest BCUT2D eigenvalue weighted by Gasteiger charge is 2.19. The van der Waals surface area contributed by atoms with E-state index in [1.165, 1.54) is 12.7 Å². The van der Waals surface area contributed by atoms with Crippen LogP contribution in [0.5, 0.6) is 5.88 Å². The van der Waals surface area contributed by atoms with Crippen LogP contribution >= 0.6 is 0 Å². The first-order chi connectivity index (χ1) is 13.7. The van der Waals surface area contributed by atoms with E-state index >= 15 is 0 Å². The summed E-state index contributed by atoms with van der Waals surface area (Å²) in [6.45, 7) is 0. The SMILES string of the molecule is Nc1c(NNC(=O)c2cccc3ccccc23)ncnc1OC1CCCCC1. The van der Waals surface area contributed by atoms with Crippen LogP contribution in [0, 0.1) is 0 Å². The monoisotopic (exact) mass is 377 g/mol. The molecule has 0 radical (unpaired) electrons. The van der Waals surface area contributed by atoms with Crippen molar-refractivity contribution in [2.45, 2.75) is 38.2 Å². The van der Waals surface area contributed by atoms with E-state index in [4.69, 9.17) is 10.5 Å². The number of anilines is 2. The van der Waals surface area contributed by atoms with E-state index in [-0.39, 0.29) is 17.7 Å². The van der Waals surface area contributed by atoms with Gasteiger partial charge in [0.1, 0.15) is 18.1 Å². The summed E-state index contributed by atoms with van der Waals surface area (Å²) >= 11 is 0. The van der Waals surface area contributed by atoms with E-state index in [9.17, 15) is 4.79 Å². The molecule has 4 rings (SSSR count). The third-order valence-corrected chi connectivity index (χ3v) is 5.01. The number of rotatable bonds is 5. The van der Waals surface area contributed by atoms with Gasteiger partial charge in [0.05, 0.1) is 0 Å². The van der Waals surface area contributed by atoms with Crippen LogP contribution in [0.4, 0.5) is 11.5 Å². The Balaban J connectivity index is 1.47. The Morgan fingerprint density at radius 3 is 2.68 bits per heavy atom. The van der Waals surface area contributed by atoms with Crippen molar-refractivity contribution in [1.29, 1.82) is 0 Å². The maximum atomic E-state index is 12.7. The van der Waals surface area contributed by atoms with Crippen molar-refractivity contribution < 1.29 is 9.53 Å². The van der Waals surface area contributed by atoms with Gasteiger partial charge in [-0.25, -0.2) is 4.98 Å². The molecule has 1 aliphatic carbocycles. The molecule has 0 bridgehead atoms. The van der Waals surface area contributed by atoms with Gasteiger partial charge in [0.25, 0.3) is 5.91 Å². The van der Waals surface area contributed by atoms with Crippen molar-refractivity contribution in [3.63, 3.8) is 0 Å². The number of benzene rings is 2. The summed E-state index contributed by atoms with van der Waals surface area (Å²) in [6, 6.07) is 13.3. The second-order valence-corrected chi connectivity index (χ2v) is 6.92. The molecule has 0 atom stereocenters. The fraction of sp³-hybridized carbons (Fsp3) is 0.286. The van der Waals surface area contributed by atoms with Crippen LogP contribution in [0.25, 0.3) is 10.8 Å². The van der Waals surface area contributed by atoms with Crippen LogP contribution in [0.2, 0.25) is 0 Å². The van der Waals surface area contributed by atoms with Crippen LogP contribution in [-0.2, 0) is 0 Å². The molecule has 0 aliphatic heterocycles.